The molecule has 4 aromatic carbocycles. The number of alkyl carbamates (subject to hydrolysis) is 1. The molecule has 1 aliphatic carbocycles. The van der Waals surface area contributed by atoms with Crippen molar-refractivity contribution >= 4 is 18.0 Å². The fraction of sp³-hybridized carbons (Fsp3) is 0.229. The molecule has 7 heteroatoms. The molecule has 0 bridgehead atoms. The minimum Gasteiger partial charge on any atom is -0.464 e. The maximum absolute atomic E-state index is 13.6. The monoisotopic (exact) mass is 562 g/mol. The first kappa shape index (κ1) is 28.6. The van der Waals surface area contributed by atoms with Gasteiger partial charge in [0.25, 0.3) is 0 Å². The van der Waals surface area contributed by atoms with Gasteiger partial charge in [-0.3, -0.25) is 9.59 Å². The van der Waals surface area contributed by atoms with E-state index in [1.54, 1.807) is 0 Å². The molecule has 0 fully saturated rings. The largest absolute Gasteiger partial charge is 0.464 e. The molecule has 0 spiro atoms. The highest BCUT2D eigenvalue weighted by molar-refractivity contribution is 5.86. The van der Waals surface area contributed by atoms with Crippen LogP contribution in [0.3, 0.4) is 0 Å². The zero-order chi connectivity index (χ0) is 29.3. The lowest BCUT2D eigenvalue weighted by atomic mass is 9.98. The van der Waals surface area contributed by atoms with Crippen LogP contribution in [0.15, 0.2) is 109 Å². The van der Waals surface area contributed by atoms with Gasteiger partial charge in [-0.05, 0) is 39.8 Å². The van der Waals surface area contributed by atoms with Gasteiger partial charge in [-0.15, -0.1) is 0 Å². The number of hydrogen-bond donors (Lipinski definition) is 2. The second-order valence-electron chi connectivity index (χ2n) is 10.4. The molecular formula is C35H34N2O5. The molecule has 2 atom stereocenters. The molecule has 7 nitrogen and oxygen atoms in total. The van der Waals surface area contributed by atoms with Crippen molar-refractivity contribution < 1.29 is 23.9 Å². The minimum atomic E-state index is -0.904. The van der Waals surface area contributed by atoms with E-state index in [2.05, 4.69) is 34.9 Å². The first-order valence-electron chi connectivity index (χ1n) is 14.1. The smallest absolute Gasteiger partial charge is 0.407 e. The molecule has 0 radical (unpaired) electrons. The van der Waals surface area contributed by atoms with Gasteiger partial charge in [0.05, 0.1) is 6.04 Å². The normalized spacial score (nSPS) is 13.3. The van der Waals surface area contributed by atoms with Crippen molar-refractivity contribution in [2.24, 2.45) is 0 Å². The van der Waals surface area contributed by atoms with Crippen LogP contribution in [-0.2, 0) is 31.9 Å². The Morgan fingerprint density at radius 3 is 1.76 bits per heavy atom. The van der Waals surface area contributed by atoms with Gasteiger partial charge in [0, 0.05) is 19.3 Å². The number of rotatable bonds is 11. The minimum absolute atomic E-state index is 0.0129. The van der Waals surface area contributed by atoms with Crippen LogP contribution in [0.5, 0.6) is 0 Å². The van der Waals surface area contributed by atoms with Crippen molar-refractivity contribution in [3.05, 3.63) is 131 Å². The topological polar surface area (TPSA) is 93.7 Å². The van der Waals surface area contributed by atoms with Crippen LogP contribution < -0.4 is 10.6 Å². The van der Waals surface area contributed by atoms with Gasteiger partial charge in [0.1, 0.15) is 19.3 Å². The highest BCUT2D eigenvalue weighted by atomic mass is 16.5. The van der Waals surface area contributed by atoms with Crippen molar-refractivity contribution in [1.82, 2.24) is 10.6 Å². The zero-order valence-corrected chi connectivity index (χ0v) is 23.5. The summed E-state index contributed by atoms with van der Waals surface area (Å²) < 4.78 is 11.0. The van der Waals surface area contributed by atoms with Gasteiger partial charge in [-0.1, -0.05) is 109 Å². The lowest BCUT2D eigenvalue weighted by Gasteiger charge is -2.24. The Hall–Kier alpha value is -4.91. The molecule has 42 heavy (non-hydrogen) atoms. The summed E-state index contributed by atoms with van der Waals surface area (Å²) in [4.78, 5) is 38.3. The first-order valence-corrected chi connectivity index (χ1v) is 14.1. The summed E-state index contributed by atoms with van der Waals surface area (Å²) in [6.07, 6.45) is 0.0540. The van der Waals surface area contributed by atoms with E-state index >= 15 is 0 Å². The summed E-state index contributed by atoms with van der Waals surface area (Å²) in [5.41, 5.74) is 6.37. The van der Waals surface area contributed by atoms with E-state index in [4.69, 9.17) is 9.47 Å². The molecule has 214 valence electrons. The van der Waals surface area contributed by atoms with Crippen LogP contribution in [-0.4, -0.2) is 43.3 Å². The molecule has 2 amide bonds. The van der Waals surface area contributed by atoms with Gasteiger partial charge in [0.2, 0.25) is 5.91 Å². The summed E-state index contributed by atoms with van der Waals surface area (Å²) in [5, 5.41) is 5.77. The Bertz CT molecular complexity index is 1480. The van der Waals surface area contributed by atoms with Crippen molar-refractivity contribution in [1.29, 1.82) is 0 Å². The predicted octanol–water partition coefficient (Wildman–Crippen LogP) is 5.43. The SMILES string of the molecule is CC(=O)OC[C@@H](Cc1ccccc1)NC(=O)[C@H](Cc1ccccc1)NC(=O)OCC1c2ccccc2-c2ccccc21. The third-order valence-corrected chi connectivity index (χ3v) is 7.39. The molecule has 0 saturated carbocycles. The van der Waals surface area contributed by atoms with Crippen molar-refractivity contribution in [2.45, 2.75) is 37.8 Å². The van der Waals surface area contributed by atoms with E-state index in [-0.39, 0.29) is 31.5 Å². The number of nitrogens with one attached hydrogen (secondary N) is 2. The lowest BCUT2D eigenvalue weighted by molar-refractivity contribution is -0.142. The predicted molar refractivity (Wildman–Crippen MR) is 161 cm³/mol. The Morgan fingerprint density at radius 2 is 1.19 bits per heavy atom. The zero-order valence-electron chi connectivity index (χ0n) is 23.5. The molecule has 0 saturated heterocycles. The summed E-state index contributed by atoms with van der Waals surface area (Å²) in [7, 11) is 0. The van der Waals surface area contributed by atoms with E-state index in [9.17, 15) is 14.4 Å². The number of ether oxygens (including phenoxy) is 2. The Morgan fingerprint density at radius 1 is 0.667 bits per heavy atom. The quantitative estimate of drug-likeness (QED) is 0.238. The number of fused-ring (bicyclic) bond motifs is 3. The van der Waals surface area contributed by atoms with Crippen LogP contribution in [0.2, 0.25) is 0 Å². The molecule has 1 aliphatic rings. The van der Waals surface area contributed by atoms with E-state index < -0.39 is 24.1 Å². The third kappa shape index (κ3) is 7.23. The van der Waals surface area contributed by atoms with E-state index in [0.717, 1.165) is 33.4 Å². The molecule has 2 N–H and O–H groups in total. The average Bonchev–Trinajstić information content (AvgIpc) is 3.33. The van der Waals surface area contributed by atoms with Gasteiger partial charge in [0.15, 0.2) is 0 Å². The number of benzene rings is 4. The van der Waals surface area contributed by atoms with E-state index in [1.807, 2.05) is 84.9 Å². The Labute approximate surface area is 245 Å². The Balaban J connectivity index is 1.28. The van der Waals surface area contributed by atoms with Gasteiger partial charge in [-0.2, -0.15) is 0 Å². The highest BCUT2D eigenvalue weighted by Gasteiger charge is 2.30. The number of carbonyl (C=O) groups excluding carboxylic acids is 3. The Kier molecular flexibility index (Phi) is 9.29. The second kappa shape index (κ2) is 13.6. The molecule has 4 aromatic rings. The summed E-state index contributed by atoms with van der Waals surface area (Å²) in [5.74, 6) is -0.913. The van der Waals surface area contributed by atoms with Gasteiger partial charge >= 0.3 is 12.1 Å². The molecule has 5 rings (SSSR count). The van der Waals surface area contributed by atoms with Crippen LogP contribution in [0, 0.1) is 0 Å². The molecule has 0 unspecified atom stereocenters. The lowest BCUT2D eigenvalue weighted by Crippen LogP contribution is -2.52. The standard InChI is InChI=1S/C35H34N2O5/c1-24(38)41-22-27(20-25-12-4-2-5-13-25)36-34(39)33(21-26-14-6-3-7-15-26)37-35(40)42-23-32-30-18-10-8-16-28(30)29-17-9-11-19-31(29)32/h2-19,27,32-33H,20-23H2,1H3,(H,36,39)(H,37,40)/t27-,33+/m1/s1. The fourth-order valence-electron chi connectivity index (χ4n) is 5.41. The molecular weight excluding hydrogens is 528 g/mol. The molecule has 0 heterocycles. The average molecular weight is 563 g/mol. The van der Waals surface area contributed by atoms with Crippen LogP contribution in [0.1, 0.15) is 35.1 Å². The highest BCUT2D eigenvalue weighted by Crippen LogP contribution is 2.44. The van der Waals surface area contributed by atoms with Gasteiger partial charge < -0.3 is 20.1 Å². The molecule has 0 aromatic heterocycles. The van der Waals surface area contributed by atoms with E-state index in [0.29, 0.717) is 6.42 Å². The van der Waals surface area contributed by atoms with Gasteiger partial charge in [-0.25, -0.2) is 4.79 Å². The number of carbonyl (C=O) groups is 3. The fourth-order valence-corrected chi connectivity index (χ4v) is 5.41. The van der Waals surface area contributed by atoms with E-state index in [1.165, 1.54) is 6.92 Å². The van der Waals surface area contributed by atoms with Crippen LogP contribution in [0.25, 0.3) is 11.1 Å². The van der Waals surface area contributed by atoms with Crippen molar-refractivity contribution in [2.75, 3.05) is 13.2 Å². The number of esters is 1. The summed E-state index contributed by atoms with van der Waals surface area (Å²) in [6, 6.07) is 34.0. The van der Waals surface area contributed by atoms with Crippen LogP contribution in [0.4, 0.5) is 4.79 Å². The van der Waals surface area contributed by atoms with Crippen molar-refractivity contribution in [3.63, 3.8) is 0 Å². The maximum atomic E-state index is 13.6. The second-order valence-corrected chi connectivity index (χ2v) is 10.4. The van der Waals surface area contributed by atoms with Crippen LogP contribution >= 0.6 is 0 Å². The third-order valence-electron chi connectivity index (χ3n) is 7.39. The summed E-state index contributed by atoms with van der Waals surface area (Å²) in [6.45, 7) is 1.49. The number of hydrogen-bond acceptors (Lipinski definition) is 5. The first-order chi connectivity index (χ1) is 20.5. The summed E-state index contributed by atoms with van der Waals surface area (Å²) >= 11 is 0. The number of amides is 2. The maximum Gasteiger partial charge on any atom is 0.407 e. The van der Waals surface area contributed by atoms with Crippen molar-refractivity contribution in [3.8, 4) is 11.1 Å². The molecule has 0 aliphatic heterocycles.